The van der Waals surface area contributed by atoms with E-state index in [-0.39, 0.29) is 0 Å². The van der Waals surface area contributed by atoms with Crippen LogP contribution in [0.3, 0.4) is 0 Å². The number of nitrogens with one attached hydrogen (secondary N) is 1. The van der Waals surface area contributed by atoms with Crippen molar-refractivity contribution >= 4 is 16.3 Å². The van der Waals surface area contributed by atoms with Crippen LogP contribution >= 0.6 is 11.3 Å². The van der Waals surface area contributed by atoms with E-state index in [1.54, 1.807) is 11.3 Å². The molecule has 25 heavy (non-hydrogen) atoms. The molecule has 0 aliphatic carbocycles. The van der Waals surface area contributed by atoms with E-state index in [4.69, 9.17) is 0 Å². The number of aryl methyl sites for hydroxylation is 2. The van der Waals surface area contributed by atoms with Crippen LogP contribution in [0.2, 0.25) is 0 Å². The predicted molar refractivity (Wildman–Crippen MR) is 105 cm³/mol. The van der Waals surface area contributed by atoms with Crippen LogP contribution in [0.1, 0.15) is 22.4 Å². The second-order valence-electron chi connectivity index (χ2n) is 6.40. The molecule has 4 heteroatoms. The van der Waals surface area contributed by atoms with Crippen molar-refractivity contribution in [2.75, 3.05) is 0 Å². The average molecular weight is 347 g/mol. The fourth-order valence-corrected chi connectivity index (χ4v) is 3.96. The molecule has 4 rings (SSSR count). The first-order valence-corrected chi connectivity index (χ1v) is 9.36. The molecule has 126 valence electrons. The lowest BCUT2D eigenvalue weighted by molar-refractivity contribution is 0.683. The summed E-state index contributed by atoms with van der Waals surface area (Å²) in [4.78, 5) is 5.68. The first-order chi connectivity index (χ1) is 12.2. The summed E-state index contributed by atoms with van der Waals surface area (Å²) in [6, 6.07) is 15.3. The number of imidazole rings is 1. The quantitative estimate of drug-likeness (QED) is 0.552. The number of hydrogen-bond donors (Lipinski definition) is 1. The zero-order valence-electron chi connectivity index (χ0n) is 14.5. The van der Waals surface area contributed by atoms with Gasteiger partial charge in [0.25, 0.3) is 0 Å². The van der Waals surface area contributed by atoms with Crippen molar-refractivity contribution in [1.29, 1.82) is 0 Å². The number of nitrogens with zero attached hydrogens (tertiary/aromatic N) is 2. The molecule has 0 bridgehead atoms. The largest absolute Gasteiger partial charge is 0.307 e. The Kier molecular flexibility index (Phi) is 4.38. The SMILES string of the molecule is Cc1ccc(-c2ccccc2CNCc2cn3ccsc3n2)c(C)c1. The summed E-state index contributed by atoms with van der Waals surface area (Å²) >= 11 is 1.66. The van der Waals surface area contributed by atoms with Crippen molar-refractivity contribution in [1.82, 2.24) is 14.7 Å². The summed E-state index contributed by atoms with van der Waals surface area (Å²) in [5.41, 5.74) is 7.63. The van der Waals surface area contributed by atoms with Crippen LogP contribution in [0.4, 0.5) is 0 Å². The van der Waals surface area contributed by atoms with Crippen LogP contribution in [-0.2, 0) is 13.1 Å². The summed E-state index contributed by atoms with van der Waals surface area (Å²) in [6.45, 7) is 5.93. The Balaban J connectivity index is 1.51. The van der Waals surface area contributed by atoms with E-state index >= 15 is 0 Å². The van der Waals surface area contributed by atoms with Gasteiger partial charge in [-0.25, -0.2) is 4.98 Å². The zero-order chi connectivity index (χ0) is 17.2. The number of aromatic nitrogens is 2. The normalized spacial score (nSPS) is 11.3. The number of fused-ring (bicyclic) bond motifs is 1. The lowest BCUT2D eigenvalue weighted by Gasteiger charge is -2.13. The van der Waals surface area contributed by atoms with Gasteiger partial charge in [-0.15, -0.1) is 11.3 Å². The second kappa shape index (κ2) is 6.82. The average Bonchev–Trinajstić information content (AvgIpc) is 3.17. The molecule has 0 amide bonds. The maximum absolute atomic E-state index is 4.63. The molecule has 0 spiro atoms. The number of rotatable bonds is 5. The van der Waals surface area contributed by atoms with E-state index in [0.29, 0.717) is 0 Å². The molecular weight excluding hydrogens is 326 g/mol. The molecule has 0 atom stereocenters. The van der Waals surface area contributed by atoms with Crippen molar-refractivity contribution in [3.63, 3.8) is 0 Å². The van der Waals surface area contributed by atoms with Gasteiger partial charge in [-0.2, -0.15) is 0 Å². The lowest BCUT2D eigenvalue weighted by Crippen LogP contribution is -2.13. The molecule has 2 heterocycles. The Morgan fingerprint density at radius 3 is 2.76 bits per heavy atom. The van der Waals surface area contributed by atoms with E-state index < -0.39 is 0 Å². The monoisotopic (exact) mass is 347 g/mol. The molecule has 2 aromatic heterocycles. The topological polar surface area (TPSA) is 29.3 Å². The predicted octanol–water partition coefficient (Wildman–Crippen LogP) is 4.97. The molecule has 3 nitrogen and oxygen atoms in total. The van der Waals surface area contributed by atoms with Gasteiger partial charge in [0.2, 0.25) is 0 Å². The lowest BCUT2D eigenvalue weighted by atomic mass is 9.95. The van der Waals surface area contributed by atoms with E-state index in [0.717, 1.165) is 23.7 Å². The van der Waals surface area contributed by atoms with Crippen LogP contribution in [0.25, 0.3) is 16.1 Å². The third-order valence-electron chi connectivity index (χ3n) is 4.45. The van der Waals surface area contributed by atoms with Gasteiger partial charge in [0.15, 0.2) is 4.96 Å². The molecule has 4 aromatic rings. The van der Waals surface area contributed by atoms with Crippen molar-refractivity contribution in [3.05, 3.63) is 82.6 Å². The van der Waals surface area contributed by atoms with Crippen LogP contribution in [0, 0.1) is 13.8 Å². The summed E-state index contributed by atoms with van der Waals surface area (Å²) in [5.74, 6) is 0. The molecule has 0 aliphatic rings. The Hall–Kier alpha value is -2.43. The van der Waals surface area contributed by atoms with Gasteiger partial charge in [0, 0.05) is 30.9 Å². The highest BCUT2D eigenvalue weighted by Crippen LogP contribution is 2.27. The molecule has 0 aliphatic heterocycles. The summed E-state index contributed by atoms with van der Waals surface area (Å²) < 4.78 is 2.07. The molecular formula is C21H21N3S. The van der Waals surface area contributed by atoms with Crippen LogP contribution < -0.4 is 5.32 Å². The Labute approximate surface area is 152 Å². The van der Waals surface area contributed by atoms with E-state index in [1.807, 2.05) is 6.20 Å². The number of thiazole rings is 1. The Bertz CT molecular complexity index is 984. The van der Waals surface area contributed by atoms with Gasteiger partial charge in [-0.1, -0.05) is 48.0 Å². The Morgan fingerprint density at radius 1 is 1.04 bits per heavy atom. The second-order valence-corrected chi connectivity index (χ2v) is 7.28. The maximum Gasteiger partial charge on any atom is 0.193 e. The third-order valence-corrected chi connectivity index (χ3v) is 5.22. The molecule has 1 N–H and O–H groups in total. The van der Waals surface area contributed by atoms with Crippen molar-refractivity contribution in [2.45, 2.75) is 26.9 Å². The third kappa shape index (κ3) is 3.36. The van der Waals surface area contributed by atoms with Gasteiger partial charge in [0.05, 0.1) is 5.69 Å². The van der Waals surface area contributed by atoms with Gasteiger partial charge < -0.3 is 5.32 Å². The minimum absolute atomic E-state index is 0.773. The van der Waals surface area contributed by atoms with Crippen LogP contribution in [-0.4, -0.2) is 9.38 Å². The highest BCUT2D eigenvalue weighted by Gasteiger charge is 2.08. The zero-order valence-corrected chi connectivity index (χ0v) is 15.3. The summed E-state index contributed by atoms with van der Waals surface area (Å²) in [6.07, 6.45) is 4.14. The first-order valence-electron chi connectivity index (χ1n) is 8.48. The van der Waals surface area contributed by atoms with Crippen LogP contribution in [0.5, 0.6) is 0 Å². The van der Waals surface area contributed by atoms with Crippen LogP contribution in [0.15, 0.2) is 60.2 Å². The molecule has 0 saturated heterocycles. The molecule has 0 unspecified atom stereocenters. The summed E-state index contributed by atoms with van der Waals surface area (Å²) in [5, 5.41) is 5.59. The minimum atomic E-state index is 0.773. The van der Waals surface area contributed by atoms with Gasteiger partial charge in [-0.3, -0.25) is 4.40 Å². The highest BCUT2D eigenvalue weighted by molar-refractivity contribution is 7.15. The summed E-state index contributed by atoms with van der Waals surface area (Å²) in [7, 11) is 0. The van der Waals surface area contributed by atoms with Crippen molar-refractivity contribution in [3.8, 4) is 11.1 Å². The fraction of sp³-hybridized carbons (Fsp3) is 0.190. The first kappa shape index (κ1) is 16.1. The maximum atomic E-state index is 4.63. The smallest absolute Gasteiger partial charge is 0.193 e. The van der Waals surface area contributed by atoms with E-state index in [1.165, 1.54) is 27.8 Å². The standard InChI is InChI=1S/C21H21N3S/c1-15-7-8-19(16(2)11-15)20-6-4-3-5-17(20)12-22-13-18-14-24-9-10-25-21(24)23-18/h3-11,14,22H,12-13H2,1-2H3. The Morgan fingerprint density at radius 2 is 1.92 bits per heavy atom. The number of benzene rings is 2. The van der Waals surface area contributed by atoms with Crippen molar-refractivity contribution < 1.29 is 0 Å². The van der Waals surface area contributed by atoms with Crippen molar-refractivity contribution in [2.24, 2.45) is 0 Å². The highest BCUT2D eigenvalue weighted by atomic mass is 32.1. The fourth-order valence-electron chi connectivity index (χ4n) is 3.24. The van der Waals surface area contributed by atoms with Gasteiger partial charge in [0.1, 0.15) is 0 Å². The van der Waals surface area contributed by atoms with Gasteiger partial charge in [-0.05, 0) is 36.1 Å². The van der Waals surface area contributed by atoms with E-state index in [9.17, 15) is 0 Å². The van der Waals surface area contributed by atoms with E-state index in [2.05, 4.69) is 82.6 Å². The van der Waals surface area contributed by atoms with Gasteiger partial charge >= 0.3 is 0 Å². The molecule has 0 saturated carbocycles. The minimum Gasteiger partial charge on any atom is -0.307 e. The molecule has 2 aromatic carbocycles. The molecule has 0 radical (unpaired) electrons. The number of hydrogen-bond acceptors (Lipinski definition) is 3. The molecule has 0 fully saturated rings.